The Morgan fingerprint density at radius 1 is 1.83 bits per heavy atom. The Balaban J connectivity index is 3.07. The van der Waals surface area contributed by atoms with Crippen molar-refractivity contribution in [3.8, 4) is 0 Å². The van der Waals surface area contributed by atoms with Crippen molar-refractivity contribution >= 4 is 11.8 Å². The predicted octanol–water partition coefficient (Wildman–Crippen LogP) is -1.63. The summed E-state index contributed by atoms with van der Waals surface area (Å²) in [6.45, 7) is 1.58. The fourth-order valence-electron chi connectivity index (χ4n) is 0.788. The molecule has 12 heavy (non-hydrogen) atoms. The van der Waals surface area contributed by atoms with Gasteiger partial charge in [-0.2, -0.15) is 0 Å². The fourth-order valence-corrected chi connectivity index (χ4v) is 0.788. The van der Waals surface area contributed by atoms with Gasteiger partial charge in [0, 0.05) is 0 Å². The highest BCUT2D eigenvalue weighted by atomic mass is 16.5. The van der Waals surface area contributed by atoms with Gasteiger partial charge < -0.3 is 10.8 Å². The molecule has 0 saturated carbocycles. The molecule has 0 spiro atoms. The lowest BCUT2D eigenvalue weighted by Crippen LogP contribution is -2.35. The fraction of sp³-hybridized carbons (Fsp3) is 0.500. The molecule has 66 valence electrons. The van der Waals surface area contributed by atoms with Crippen LogP contribution >= 0.6 is 0 Å². The monoisotopic (exact) mass is 170 g/mol. The first-order valence-corrected chi connectivity index (χ1v) is 3.42. The van der Waals surface area contributed by atoms with Crippen LogP contribution in [0.15, 0.2) is 9.52 Å². The summed E-state index contributed by atoms with van der Waals surface area (Å²) >= 11 is 0. The average molecular weight is 170 g/mol. The van der Waals surface area contributed by atoms with E-state index in [0.29, 0.717) is 5.69 Å². The van der Waals surface area contributed by atoms with Gasteiger partial charge in [-0.05, 0) is 17.5 Å². The first-order chi connectivity index (χ1) is 5.65. The maximum absolute atomic E-state index is 10.6. The molecule has 1 aromatic heterocycles. The molecule has 0 unspecified atom stereocenters. The SMILES string of the molecule is C/C([O-])=N/c1on[n+](C)c1CN. The highest BCUT2D eigenvalue weighted by Gasteiger charge is 2.18. The predicted molar refractivity (Wildman–Crippen MR) is 38.3 cm³/mol. The van der Waals surface area contributed by atoms with Crippen molar-refractivity contribution in [1.82, 2.24) is 5.27 Å². The maximum atomic E-state index is 10.6. The van der Waals surface area contributed by atoms with Crippen LogP contribution in [0.5, 0.6) is 0 Å². The molecular formula is C6H10N4O2. The third-order valence-corrected chi connectivity index (χ3v) is 1.34. The second kappa shape index (κ2) is 3.31. The Hall–Kier alpha value is -1.43. The van der Waals surface area contributed by atoms with Crippen LogP contribution in [0.2, 0.25) is 0 Å². The van der Waals surface area contributed by atoms with Crippen molar-refractivity contribution < 1.29 is 14.3 Å². The van der Waals surface area contributed by atoms with Crippen molar-refractivity contribution in [1.29, 1.82) is 0 Å². The van der Waals surface area contributed by atoms with Gasteiger partial charge in [0.25, 0.3) is 5.69 Å². The van der Waals surface area contributed by atoms with E-state index in [2.05, 4.69) is 10.3 Å². The van der Waals surface area contributed by atoms with Gasteiger partial charge in [-0.15, -0.1) is 0 Å². The molecule has 0 saturated heterocycles. The molecule has 0 radical (unpaired) electrons. The lowest BCUT2D eigenvalue weighted by atomic mass is 10.4. The van der Waals surface area contributed by atoms with E-state index in [0.717, 1.165) is 0 Å². The van der Waals surface area contributed by atoms with Crippen molar-refractivity contribution in [2.24, 2.45) is 17.8 Å². The molecule has 0 aliphatic heterocycles. The smallest absolute Gasteiger partial charge is 0.325 e. The minimum Gasteiger partial charge on any atom is -0.862 e. The molecule has 1 heterocycles. The van der Waals surface area contributed by atoms with E-state index in [4.69, 9.17) is 10.3 Å². The van der Waals surface area contributed by atoms with Crippen LogP contribution in [0.4, 0.5) is 5.88 Å². The molecule has 0 aromatic carbocycles. The highest BCUT2D eigenvalue weighted by molar-refractivity contribution is 5.71. The number of nitrogens with zero attached hydrogens (tertiary/aromatic N) is 3. The number of aromatic nitrogens is 2. The zero-order chi connectivity index (χ0) is 9.14. The van der Waals surface area contributed by atoms with E-state index in [-0.39, 0.29) is 18.3 Å². The molecular weight excluding hydrogens is 160 g/mol. The molecule has 0 fully saturated rings. The number of aryl methyl sites for hydroxylation is 1. The molecule has 0 atom stereocenters. The summed E-state index contributed by atoms with van der Waals surface area (Å²) in [4.78, 5) is 3.58. The number of hydrogen-bond acceptors (Lipinski definition) is 5. The highest BCUT2D eigenvalue weighted by Crippen LogP contribution is 2.12. The Bertz CT molecular complexity index is 300. The van der Waals surface area contributed by atoms with E-state index >= 15 is 0 Å². The minimum absolute atomic E-state index is 0.188. The minimum atomic E-state index is -0.332. The normalized spacial score (nSPS) is 12.1. The van der Waals surface area contributed by atoms with Crippen molar-refractivity contribution in [2.45, 2.75) is 13.5 Å². The molecule has 6 heteroatoms. The van der Waals surface area contributed by atoms with Crippen LogP contribution in [0.1, 0.15) is 12.6 Å². The standard InChI is InChI=1S/C6H10N4O2/c1-4(11)8-6-5(3-7)10(2)9-12-6/h3,7H2,1-2H3. The van der Waals surface area contributed by atoms with E-state index in [1.807, 2.05) is 0 Å². The number of nitrogens with two attached hydrogens (primary N) is 1. The van der Waals surface area contributed by atoms with Crippen LogP contribution in [0.3, 0.4) is 0 Å². The average Bonchev–Trinajstić information content (AvgIpc) is 2.30. The molecule has 0 amide bonds. The molecule has 6 nitrogen and oxygen atoms in total. The second-order valence-corrected chi connectivity index (χ2v) is 2.28. The summed E-state index contributed by atoms with van der Waals surface area (Å²) in [5, 5.41) is 14.1. The van der Waals surface area contributed by atoms with E-state index in [1.165, 1.54) is 11.6 Å². The topological polar surface area (TPSA) is 91.3 Å². The summed E-state index contributed by atoms with van der Waals surface area (Å²) in [6, 6.07) is 0. The van der Waals surface area contributed by atoms with Gasteiger partial charge in [-0.25, -0.2) is 4.99 Å². The maximum Gasteiger partial charge on any atom is 0.325 e. The first-order valence-electron chi connectivity index (χ1n) is 3.42. The summed E-state index contributed by atoms with van der Waals surface area (Å²) < 4.78 is 6.19. The van der Waals surface area contributed by atoms with Crippen LogP contribution in [0, 0.1) is 0 Å². The van der Waals surface area contributed by atoms with Crippen molar-refractivity contribution in [3.05, 3.63) is 5.69 Å². The van der Waals surface area contributed by atoms with Crippen molar-refractivity contribution in [2.75, 3.05) is 0 Å². The third-order valence-electron chi connectivity index (χ3n) is 1.34. The Labute approximate surface area is 69.3 Å². The number of aliphatic imine (C=N–C) groups is 1. The van der Waals surface area contributed by atoms with Gasteiger partial charge in [0.15, 0.2) is 7.05 Å². The summed E-state index contributed by atoms with van der Waals surface area (Å²) in [5.74, 6) is -0.144. The van der Waals surface area contributed by atoms with E-state index in [9.17, 15) is 5.11 Å². The van der Waals surface area contributed by atoms with Crippen LogP contribution in [0.25, 0.3) is 0 Å². The third kappa shape index (κ3) is 1.59. The number of rotatable bonds is 2. The first kappa shape index (κ1) is 8.66. The van der Waals surface area contributed by atoms with Gasteiger partial charge in [0.05, 0.1) is 6.54 Å². The Morgan fingerprint density at radius 2 is 2.50 bits per heavy atom. The summed E-state index contributed by atoms with van der Waals surface area (Å²) in [5.41, 5.74) is 5.98. The van der Waals surface area contributed by atoms with Crippen LogP contribution in [-0.4, -0.2) is 11.2 Å². The molecule has 2 N–H and O–H groups in total. The van der Waals surface area contributed by atoms with Gasteiger partial charge in [0.2, 0.25) is 5.27 Å². The van der Waals surface area contributed by atoms with Crippen LogP contribution < -0.4 is 15.5 Å². The quantitative estimate of drug-likeness (QED) is 0.327. The number of hydrogen-bond donors (Lipinski definition) is 1. The zero-order valence-corrected chi connectivity index (χ0v) is 6.94. The molecule has 0 aliphatic rings. The molecule has 0 aliphatic carbocycles. The zero-order valence-electron chi connectivity index (χ0n) is 6.94. The molecule has 1 rings (SSSR count). The van der Waals surface area contributed by atoms with Gasteiger partial charge in [0.1, 0.15) is 0 Å². The summed E-state index contributed by atoms with van der Waals surface area (Å²) in [7, 11) is 1.67. The Kier molecular flexibility index (Phi) is 2.39. The van der Waals surface area contributed by atoms with Gasteiger partial charge >= 0.3 is 5.88 Å². The second-order valence-electron chi connectivity index (χ2n) is 2.28. The van der Waals surface area contributed by atoms with Gasteiger partial charge in [-0.3, -0.25) is 4.52 Å². The summed E-state index contributed by atoms with van der Waals surface area (Å²) in [6.07, 6.45) is 0. The molecule has 1 aromatic rings. The van der Waals surface area contributed by atoms with Gasteiger partial charge in [-0.1, -0.05) is 0 Å². The largest absolute Gasteiger partial charge is 0.862 e. The van der Waals surface area contributed by atoms with Crippen molar-refractivity contribution in [3.63, 3.8) is 0 Å². The molecule has 0 bridgehead atoms. The van der Waals surface area contributed by atoms with Crippen LogP contribution in [-0.2, 0) is 13.6 Å². The lowest BCUT2D eigenvalue weighted by Gasteiger charge is -1.97. The lowest BCUT2D eigenvalue weighted by molar-refractivity contribution is -0.746. The van der Waals surface area contributed by atoms with E-state index < -0.39 is 0 Å². The Morgan fingerprint density at radius 3 is 3.00 bits per heavy atom. The van der Waals surface area contributed by atoms with E-state index in [1.54, 1.807) is 7.05 Å².